The Labute approximate surface area is 172 Å². The Morgan fingerprint density at radius 3 is 2.86 bits per heavy atom. The maximum Gasteiger partial charge on any atom is 0.303 e. The van der Waals surface area contributed by atoms with Crippen LogP contribution >= 0.6 is 11.3 Å². The maximum atomic E-state index is 10.7. The standard InChI is InChI=1S/C21H23N3O4S/c1-12-13(2)29-21-19(12)20(23-17(24-21)5-3-4-6-18(25)26)22-10-14-7-8-15-16(9-14)28-11-27-15/h7-9H,3-6,10-11H2,1-2H3,(H,25,26)(H,22,23,24). The van der Waals surface area contributed by atoms with Crippen molar-refractivity contribution in [3.05, 3.63) is 40.0 Å². The number of aryl methyl sites for hydroxylation is 3. The minimum absolute atomic E-state index is 0.175. The highest BCUT2D eigenvalue weighted by molar-refractivity contribution is 7.18. The van der Waals surface area contributed by atoms with E-state index < -0.39 is 5.97 Å². The number of ether oxygens (including phenoxy) is 2. The van der Waals surface area contributed by atoms with Gasteiger partial charge in [0.2, 0.25) is 6.79 Å². The molecule has 0 saturated heterocycles. The van der Waals surface area contributed by atoms with Crippen LogP contribution in [0.4, 0.5) is 5.82 Å². The van der Waals surface area contributed by atoms with E-state index in [0.29, 0.717) is 19.4 Å². The first-order valence-corrected chi connectivity index (χ1v) is 10.4. The normalized spacial score (nSPS) is 12.5. The third-order valence-electron chi connectivity index (χ3n) is 5.01. The molecule has 0 fully saturated rings. The van der Waals surface area contributed by atoms with E-state index in [1.165, 1.54) is 10.4 Å². The number of fused-ring (bicyclic) bond motifs is 2. The summed E-state index contributed by atoms with van der Waals surface area (Å²) >= 11 is 1.67. The predicted octanol–water partition coefficient (Wildman–Crippen LogP) is 4.45. The monoisotopic (exact) mass is 413 g/mol. The fraction of sp³-hybridized carbons (Fsp3) is 0.381. The van der Waals surface area contributed by atoms with E-state index in [-0.39, 0.29) is 13.2 Å². The second kappa shape index (κ2) is 8.24. The van der Waals surface area contributed by atoms with E-state index in [0.717, 1.165) is 45.3 Å². The fourth-order valence-corrected chi connectivity index (χ4v) is 4.38. The van der Waals surface area contributed by atoms with E-state index in [1.54, 1.807) is 11.3 Å². The van der Waals surface area contributed by atoms with Crippen molar-refractivity contribution in [2.75, 3.05) is 12.1 Å². The molecule has 0 amide bonds. The Morgan fingerprint density at radius 2 is 2.03 bits per heavy atom. The van der Waals surface area contributed by atoms with Crippen LogP contribution in [-0.2, 0) is 17.8 Å². The van der Waals surface area contributed by atoms with Crippen LogP contribution in [0, 0.1) is 13.8 Å². The van der Waals surface area contributed by atoms with Crippen LogP contribution in [0.25, 0.3) is 10.2 Å². The molecule has 4 rings (SSSR count). The minimum atomic E-state index is -0.767. The summed E-state index contributed by atoms with van der Waals surface area (Å²) in [5.74, 6) is 2.34. The highest BCUT2D eigenvalue weighted by Crippen LogP contribution is 2.35. The van der Waals surface area contributed by atoms with Crippen molar-refractivity contribution in [2.24, 2.45) is 0 Å². The largest absolute Gasteiger partial charge is 0.481 e. The molecule has 0 spiro atoms. The van der Waals surface area contributed by atoms with Gasteiger partial charge in [0.15, 0.2) is 11.5 Å². The van der Waals surface area contributed by atoms with Crippen LogP contribution in [-0.4, -0.2) is 27.8 Å². The molecule has 3 aromatic rings. The smallest absolute Gasteiger partial charge is 0.303 e. The van der Waals surface area contributed by atoms with Gasteiger partial charge in [-0.2, -0.15) is 0 Å². The molecule has 29 heavy (non-hydrogen) atoms. The number of nitrogens with one attached hydrogen (secondary N) is 1. The van der Waals surface area contributed by atoms with Gasteiger partial charge in [0, 0.05) is 24.3 Å². The molecular formula is C21H23N3O4S. The summed E-state index contributed by atoms with van der Waals surface area (Å²) in [6.07, 6.45) is 2.22. The molecule has 7 nitrogen and oxygen atoms in total. The average molecular weight is 413 g/mol. The molecule has 0 aliphatic carbocycles. The second-order valence-electron chi connectivity index (χ2n) is 7.09. The Balaban J connectivity index is 1.55. The SMILES string of the molecule is Cc1sc2nc(CCCCC(=O)O)nc(NCc3ccc4c(c3)OCO4)c2c1C. The van der Waals surface area contributed by atoms with Crippen molar-refractivity contribution in [3.8, 4) is 11.5 Å². The molecule has 2 aromatic heterocycles. The zero-order valence-electron chi connectivity index (χ0n) is 16.4. The van der Waals surface area contributed by atoms with Crippen molar-refractivity contribution >= 4 is 33.3 Å². The summed E-state index contributed by atoms with van der Waals surface area (Å²) in [7, 11) is 0. The maximum absolute atomic E-state index is 10.7. The molecule has 3 heterocycles. The molecule has 0 saturated carbocycles. The van der Waals surface area contributed by atoms with Crippen molar-refractivity contribution in [3.63, 3.8) is 0 Å². The summed E-state index contributed by atoms with van der Waals surface area (Å²) in [5.41, 5.74) is 2.27. The highest BCUT2D eigenvalue weighted by Gasteiger charge is 2.16. The fourth-order valence-electron chi connectivity index (χ4n) is 3.33. The Kier molecular flexibility index (Phi) is 5.53. The number of thiophene rings is 1. The van der Waals surface area contributed by atoms with Crippen LogP contribution in [0.5, 0.6) is 11.5 Å². The molecule has 0 bridgehead atoms. The lowest BCUT2D eigenvalue weighted by Gasteiger charge is -2.10. The summed E-state index contributed by atoms with van der Waals surface area (Å²) in [5, 5.41) is 13.3. The first-order chi connectivity index (χ1) is 14.0. The van der Waals surface area contributed by atoms with Gasteiger partial charge < -0.3 is 19.9 Å². The van der Waals surface area contributed by atoms with Gasteiger partial charge in [-0.3, -0.25) is 4.79 Å². The van der Waals surface area contributed by atoms with Crippen LogP contribution in [0.3, 0.4) is 0 Å². The first kappa shape index (κ1) is 19.4. The number of aromatic nitrogens is 2. The lowest BCUT2D eigenvalue weighted by Crippen LogP contribution is -2.06. The molecule has 0 unspecified atom stereocenters. The van der Waals surface area contributed by atoms with Crippen molar-refractivity contribution in [2.45, 2.75) is 46.1 Å². The van der Waals surface area contributed by atoms with E-state index in [4.69, 9.17) is 24.5 Å². The van der Waals surface area contributed by atoms with E-state index >= 15 is 0 Å². The lowest BCUT2D eigenvalue weighted by molar-refractivity contribution is -0.137. The topological polar surface area (TPSA) is 93.6 Å². The molecule has 8 heteroatoms. The van der Waals surface area contributed by atoms with Gasteiger partial charge in [-0.05, 0) is 49.9 Å². The number of carboxylic acids is 1. The third kappa shape index (κ3) is 4.27. The number of nitrogens with zero attached hydrogens (tertiary/aromatic N) is 2. The average Bonchev–Trinajstić information content (AvgIpc) is 3.27. The van der Waals surface area contributed by atoms with Crippen molar-refractivity contribution in [1.29, 1.82) is 0 Å². The predicted molar refractivity (Wildman–Crippen MR) is 112 cm³/mol. The summed E-state index contributed by atoms with van der Waals surface area (Å²) in [4.78, 5) is 22.4. The summed E-state index contributed by atoms with van der Waals surface area (Å²) in [6.45, 7) is 5.05. The lowest BCUT2D eigenvalue weighted by atomic mass is 10.1. The molecular weight excluding hydrogens is 390 g/mol. The second-order valence-corrected chi connectivity index (χ2v) is 8.30. The van der Waals surface area contributed by atoms with Crippen LogP contribution in [0.1, 0.15) is 41.1 Å². The number of carbonyl (C=O) groups is 1. The molecule has 1 aromatic carbocycles. The minimum Gasteiger partial charge on any atom is -0.481 e. The quantitative estimate of drug-likeness (QED) is 0.527. The number of anilines is 1. The number of carboxylic acid groups (broad SMARTS) is 1. The van der Waals surface area contributed by atoms with E-state index in [2.05, 4.69) is 19.2 Å². The number of hydrogen-bond donors (Lipinski definition) is 2. The van der Waals surface area contributed by atoms with E-state index in [9.17, 15) is 4.79 Å². The molecule has 1 aliphatic heterocycles. The van der Waals surface area contributed by atoms with Crippen LogP contribution in [0.2, 0.25) is 0 Å². The number of rotatable bonds is 8. The van der Waals surface area contributed by atoms with Crippen molar-refractivity contribution < 1.29 is 19.4 Å². The Hall–Kier alpha value is -2.87. The third-order valence-corrected chi connectivity index (χ3v) is 6.11. The van der Waals surface area contributed by atoms with Gasteiger partial charge in [0.1, 0.15) is 16.5 Å². The summed E-state index contributed by atoms with van der Waals surface area (Å²) < 4.78 is 10.8. The molecule has 2 N–H and O–H groups in total. The van der Waals surface area contributed by atoms with Crippen LogP contribution in [0.15, 0.2) is 18.2 Å². The van der Waals surface area contributed by atoms with Gasteiger partial charge in [-0.1, -0.05) is 6.07 Å². The number of unbranched alkanes of at least 4 members (excludes halogenated alkanes) is 1. The Bertz CT molecular complexity index is 1060. The highest BCUT2D eigenvalue weighted by atomic mass is 32.1. The zero-order chi connectivity index (χ0) is 20.4. The van der Waals surface area contributed by atoms with Gasteiger partial charge in [0.05, 0.1) is 5.39 Å². The zero-order valence-corrected chi connectivity index (χ0v) is 17.3. The van der Waals surface area contributed by atoms with E-state index in [1.807, 2.05) is 18.2 Å². The Morgan fingerprint density at radius 1 is 1.21 bits per heavy atom. The number of hydrogen-bond acceptors (Lipinski definition) is 7. The van der Waals surface area contributed by atoms with Crippen LogP contribution < -0.4 is 14.8 Å². The molecule has 0 atom stereocenters. The molecule has 152 valence electrons. The van der Waals surface area contributed by atoms with Crippen molar-refractivity contribution in [1.82, 2.24) is 9.97 Å². The van der Waals surface area contributed by atoms with Gasteiger partial charge in [-0.25, -0.2) is 9.97 Å². The molecule has 0 radical (unpaired) electrons. The van der Waals surface area contributed by atoms with Gasteiger partial charge >= 0.3 is 5.97 Å². The number of aliphatic carboxylic acids is 1. The molecule has 1 aliphatic rings. The first-order valence-electron chi connectivity index (χ1n) is 9.62. The summed E-state index contributed by atoms with van der Waals surface area (Å²) in [6, 6.07) is 5.91. The number of benzene rings is 1. The van der Waals surface area contributed by atoms with Gasteiger partial charge in [-0.15, -0.1) is 11.3 Å². The van der Waals surface area contributed by atoms with Gasteiger partial charge in [0.25, 0.3) is 0 Å².